The summed E-state index contributed by atoms with van der Waals surface area (Å²) in [5, 5.41) is 15.2. The Kier molecular flexibility index (Phi) is 5.54. The molecule has 1 fully saturated rings. The van der Waals surface area contributed by atoms with Crippen LogP contribution < -0.4 is 10.1 Å². The lowest BCUT2D eigenvalue weighted by molar-refractivity contribution is -0.160. The average molecular weight is 487 g/mol. The van der Waals surface area contributed by atoms with E-state index in [9.17, 15) is 9.90 Å². The number of thiazole rings is 1. The fourth-order valence-electron chi connectivity index (χ4n) is 4.30. The Labute approximate surface area is 201 Å². The maximum Gasteiger partial charge on any atom is 0.337 e. The van der Waals surface area contributed by atoms with Gasteiger partial charge in [0, 0.05) is 29.2 Å². The van der Waals surface area contributed by atoms with Gasteiger partial charge < -0.3 is 19.9 Å². The number of carboxylic acid groups (broad SMARTS) is 1. The summed E-state index contributed by atoms with van der Waals surface area (Å²) in [5.74, 6) is 0.161. The van der Waals surface area contributed by atoms with Crippen molar-refractivity contribution in [1.82, 2.24) is 4.98 Å². The van der Waals surface area contributed by atoms with Crippen molar-refractivity contribution >= 4 is 44.8 Å². The molecule has 2 aliphatic rings. The Bertz CT molecular complexity index is 1260. The third-order valence-electron chi connectivity index (χ3n) is 5.86. The number of ether oxygens (including phenoxy) is 2. The topological polar surface area (TPSA) is 80.7 Å². The number of nitrogens with zero attached hydrogens (tertiary/aromatic N) is 1. The van der Waals surface area contributed by atoms with Crippen LogP contribution in [0, 0.1) is 6.92 Å². The van der Waals surface area contributed by atoms with E-state index in [1.54, 1.807) is 11.3 Å². The summed E-state index contributed by atoms with van der Waals surface area (Å²) in [7, 11) is 0. The predicted octanol–water partition coefficient (Wildman–Crippen LogP) is 6.55. The minimum absolute atomic E-state index is 0.495. The van der Waals surface area contributed by atoms with Gasteiger partial charge in [0.05, 0.1) is 31.5 Å². The van der Waals surface area contributed by atoms with Crippen LogP contribution in [0.5, 0.6) is 5.75 Å². The second-order valence-corrected chi connectivity index (χ2v) is 11.1. The third kappa shape index (κ3) is 4.18. The number of carboxylic acids is 1. The number of aliphatic carboxylic acids is 1. The van der Waals surface area contributed by atoms with Gasteiger partial charge in [0.1, 0.15) is 12.4 Å². The first kappa shape index (κ1) is 22.4. The number of halogens is 1. The molecule has 33 heavy (non-hydrogen) atoms. The van der Waals surface area contributed by atoms with Gasteiger partial charge in [0.2, 0.25) is 0 Å². The molecule has 2 heterocycles. The van der Waals surface area contributed by atoms with Crippen LogP contribution >= 0.6 is 22.9 Å². The lowest BCUT2D eigenvalue weighted by Crippen LogP contribution is -2.28. The molecule has 0 unspecified atom stereocenters. The summed E-state index contributed by atoms with van der Waals surface area (Å²) >= 11 is 8.57. The summed E-state index contributed by atoms with van der Waals surface area (Å²) in [5.41, 5.74) is 3.93. The molecule has 1 atom stereocenters. The maximum atomic E-state index is 12.5. The number of fused-ring (bicyclic) bond motifs is 2. The number of aryl methyl sites for hydroxylation is 1. The lowest BCUT2D eigenvalue weighted by atomic mass is 9.90. The van der Waals surface area contributed by atoms with E-state index in [-0.39, 0.29) is 0 Å². The number of carbonyl (C=O) groups is 1. The quantitative estimate of drug-likeness (QED) is 0.425. The largest absolute Gasteiger partial charge is 0.490 e. The van der Waals surface area contributed by atoms with Gasteiger partial charge in [-0.25, -0.2) is 9.78 Å². The number of benzene rings is 2. The molecular formula is C25H27ClN2O4S. The maximum absolute atomic E-state index is 12.5. The van der Waals surface area contributed by atoms with Crippen molar-refractivity contribution in [2.75, 3.05) is 18.5 Å². The highest BCUT2D eigenvalue weighted by Gasteiger charge is 2.34. The molecule has 0 radical (unpaired) electrons. The van der Waals surface area contributed by atoms with Crippen molar-refractivity contribution in [3.8, 4) is 16.9 Å². The molecule has 6 nitrogen and oxygen atoms in total. The molecule has 1 aromatic heterocycles. The number of hydrogen-bond donors (Lipinski definition) is 2. The molecule has 0 bridgehead atoms. The number of aromatic nitrogens is 1. The normalized spacial score (nSPS) is 16.8. The zero-order valence-corrected chi connectivity index (χ0v) is 20.7. The average Bonchev–Trinajstić information content (AvgIpc) is 3.51. The van der Waals surface area contributed by atoms with E-state index in [0.717, 1.165) is 50.4 Å². The highest BCUT2D eigenvalue weighted by molar-refractivity contribution is 7.19. The molecule has 0 spiro atoms. The van der Waals surface area contributed by atoms with E-state index < -0.39 is 17.7 Å². The fourth-order valence-corrected chi connectivity index (χ4v) is 5.90. The minimum atomic E-state index is -1.15. The van der Waals surface area contributed by atoms with E-state index in [1.165, 1.54) is 0 Å². The smallest absolute Gasteiger partial charge is 0.337 e. The van der Waals surface area contributed by atoms with E-state index in [4.69, 9.17) is 26.1 Å². The van der Waals surface area contributed by atoms with Crippen molar-refractivity contribution in [2.24, 2.45) is 0 Å². The van der Waals surface area contributed by atoms with Crippen LogP contribution in [0.15, 0.2) is 18.2 Å². The van der Waals surface area contributed by atoms with Gasteiger partial charge in [-0.2, -0.15) is 0 Å². The van der Waals surface area contributed by atoms with Gasteiger partial charge in [-0.3, -0.25) is 0 Å². The van der Waals surface area contributed by atoms with Crippen LogP contribution in [-0.2, 0) is 9.53 Å². The third-order valence-corrected chi connectivity index (χ3v) is 7.51. The van der Waals surface area contributed by atoms with Crippen LogP contribution in [0.1, 0.15) is 61.8 Å². The molecule has 2 aromatic carbocycles. The lowest BCUT2D eigenvalue weighted by Gasteiger charge is -2.28. The zero-order valence-electron chi connectivity index (χ0n) is 19.1. The minimum Gasteiger partial charge on any atom is -0.490 e. The van der Waals surface area contributed by atoms with Gasteiger partial charge in [0.25, 0.3) is 0 Å². The van der Waals surface area contributed by atoms with Crippen molar-refractivity contribution in [3.63, 3.8) is 0 Å². The Hall–Kier alpha value is -2.35. The second kappa shape index (κ2) is 8.15. The standard InChI is InChI=1S/C25H27ClN2O4S/c1-12-11-15-22(33-23(28-15)13-5-6-13)18(17(12)21(24(29)30)32-25(2,3)4)14-7-8-16-20(19(14)26)27-9-10-31-16/h7-8,11,13,21,27H,5-6,9-10H2,1-4H3,(H,29,30)/t21-/m1/s1. The van der Waals surface area contributed by atoms with Crippen LogP contribution in [-0.4, -0.2) is 34.8 Å². The fraction of sp³-hybridized carbons (Fsp3) is 0.440. The summed E-state index contributed by atoms with van der Waals surface area (Å²) in [6.07, 6.45) is 1.15. The van der Waals surface area contributed by atoms with E-state index in [2.05, 4.69) is 5.32 Å². The number of nitrogens with one attached hydrogen (secondary N) is 1. The number of hydrogen-bond acceptors (Lipinski definition) is 6. The Morgan fingerprint density at radius 1 is 1.36 bits per heavy atom. The monoisotopic (exact) mass is 486 g/mol. The first-order chi connectivity index (χ1) is 15.6. The van der Waals surface area contributed by atoms with E-state index >= 15 is 0 Å². The molecule has 1 saturated carbocycles. The summed E-state index contributed by atoms with van der Waals surface area (Å²) in [6.45, 7) is 8.74. The molecule has 174 valence electrons. The molecule has 8 heteroatoms. The molecule has 5 rings (SSSR count). The van der Waals surface area contributed by atoms with Crippen LogP contribution in [0.3, 0.4) is 0 Å². The van der Waals surface area contributed by atoms with Gasteiger partial charge in [-0.05, 0) is 64.3 Å². The van der Waals surface area contributed by atoms with Crippen molar-refractivity contribution in [1.29, 1.82) is 0 Å². The highest BCUT2D eigenvalue weighted by atomic mass is 35.5. The van der Waals surface area contributed by atoms with E-state index in [1.807, 2.05) is 45.9 Å². The van der Waals surface area contributed by atoms with Gasteiger partial charge in [-0.15, -0.1) is 11.3 Å². The molecule has 1 aliphatic carbocycles. The van der Waals surface area contributed by atoms with Gasteiger partial charge in [-0.1, -0.05) is 11.6 Å². The van der Waals surface area contributed by atoms with Gasteiger partial charge >= 0.3 is 5.97 Å². The van der Waals surface area contributed by atoms with Crippen molar-refractivity contribution < 1.29 is 19.4 Å². The van der Waals surface area contributed by atoms with Crippen LogP contribution in [0.4, 0.5) is 5.69 Å². The summed E-state index contributed by atoms with van der Waals surface area (Å²) in [4.78, 5) is 17.4. The van der Waals surface area contributed by atoms with E-state index in [0.29, 0.717) is 35.4 Å². The predicted molar refractivity (Wildman–Crippen MR) is 132 cm³/mol. The first-order valence-electron chi connectivity index (χ1n) is 11.2. The first-order valence-corrected chi connectivity index (χ1v) is 12.4. The Balaban J connectivity index is 1.81. The molecule has 1 aliphatic heterocycles. The highest BCUT2D eigenvalue weighted by Crippen LogP contribution is 2.50. The molecule has 0 amide bonds. The molecule has 0 saturated heterocycles. The zero-order chi connectivity index (χ0) is 23.5. The molecular weight excluding hydrogens is 460 g/mol. The van der Waals surface area contributed by atoms with Gasteiger partial charge in [0.15, 0.2) is 6.10 Å². The number of anilines is 1. The Morgan fingerprint density at radius 3 is 2.79 bits per heavy atom. The number of rotatable bonds is 5. The summed E-state index contributed by atoms with van der Waals surface area (Å²) in [6, 6.07) is 5.79. The second-order valence-electron chi connectivity index (χ2n) is 9.68. The summed E-state index contributed by atoms with van der Waals surface area (Å²) < 4.78 is 12.8. The van der Waals surface area contributed by atoms with Crippen LogP contribution in [0.25, 0.3) is 21.3 Å². The Morgan fingerprint density at radius 2 is 2.12 bits per heavy atom. The van der Waals surface area contributed by atoms with Crippen molar-refractivity contribution in [2.45, 2.75) is 58.2 Å². The SMILES string of the molecule is Cc1cc2nc(C3CC3)sc2c(-c2ccc3c(c2Cl)NCCO3)c1[C@@H](OC(C)(C)C)C(=O)O. The molecule has 3 aromatic rings. The van der Waals surface area contributed by atoms with Crippen LogP contribution in [0.2, 0.25) is 5.02 Å². The molecule has 2 N–H and O–H groups in total. The van der Waals surface area contributed by atoms with Crippen molar-refractivity contribution in [3.05, 3.63) is 39.4 Å².